The fraction of sp³-hybridized carbons (Fsp3) is 0.923. The van der Waals surface area contributed by atoms with Gasteiger partial charge in [-0.1, -0.05) is 0 Å². The Kier molecular flexibility index (Phi) is 6.35. The molecule has 184 valence electrons. The zero-order chi connectivity index (χ0) is 24.3. The smallest absolute Gasteiger partial charge is 0.0481 e. The van der Waals surface area contributed by atoms with Crippen LogP contribution in [0.5, 0.6) is 0 Å². The number of hydrogen-bond acceptors (Lipinski definition) is 6. The third-order valence-corrected chi connectivity index (χ3v) is 8.53. The Labute approximate surface area is 194 Å². The number of aliphatic carboxylic acids is 2. The zero-order valence-corrected chi connectivity index (χ0v) is 21.4. The molecular weight excluding hydrogens is 404 g/mol. The number of carbonyl (C=O) groups is 2. The van der Waals surface area contributed by atoms with Gasteiger partial charge in [0, 0.05) is 39.5 Å². The standard InChI is InChI=1S/C26H46N2O4/c1-22(2)12-17(13-23(3,4)27-22)19-11-16(20(29)30)9-10-26(19,21(31)32)18-14-24(5,6)28-25(7,8)15-18/h16-19,27-28H,9-15H2,1-8H3,(H,29,30)(H,31,32)/p-2. The molecule has 3 fully saturated rings. The molecule has 2 aliphatic heterocycles. The Morgan fingerprint density at radius 1 is 0.750 bits per heavy atom. The van der Waals surface area contributed by atoms with Gasteiger partial charge in [0.2, 0.25) is 0 Å². The van der Waals surface area contributed by atoms with E-state index in [0.29, 0.717) is 19.3 Å². The van der Waals surface area contributed by atoms with E-state index in [2.05, 4.69) is 66.0 Å². The second-order valence-corrected chi connectivity index (χ2v) is 13.8. The minimum atomic E-state index is -1.04. The molecule has 1 saturated carbocycles. The number of carboxylic acid groups (broad SMARTS) is 2. The van der Waals surface area contributed by atoms with Crippen molar-refractivity contribution in [2.75, 3.05) is 0 Å². The summed E-state index contributed by atoms with van der Waals surface area (Å²) in [6, 6.07) is 0. The van der Waals surface area contributed by atoms with Gasteiger partial charge in [-0.05, 0) is 124 Å². The lowest BCUT2D eigenvalue weighted by Gasteiger charge is -2.61. The molecule has 0 spiro atoms. The molecule has 6 nitrogen and oxygen atoms in total. The fourth-order valence-electron chi connectivity index (χ4n) is 8.36. The molecule has 0 aromatic carbocycles. The van der Waals surface area contributed by atoms with Crippen LogP contribution in [0.2, 0.25) is 0 Å². The average Bonchev–Trinajstić information content (AvgIpc) is 2.55. The van der Waals surface area contributed by atoms with Crippen molar-refractivity contribution in [1.82, 2.24) is 10.6 Å². The highest BCUT2D eigenvalue weighted by atomic mass is 16.4. The van der Waals surface area contributed by atoms with E-state index >= 15 is 0 Å². The summed E-state index contributed by atoms with van der Waals surface area (Å²) in [6.07, 6.45) is 4.23. The van der Waals surface area contributed by atoms with Crippen LogP contribution in [-0.2, 0) is 9.59 Å². The maximum absolute atomic E-state index is 13.1. The Bertz CT molecular complexity index is 725. The van der Waals surface area contributed by atoms with E-state index in [0.717, 1.165) is 25.7 Å². The van der Waals surface area contributed by atoms with Crippen LogP contribution in [0, 0.1) is 29.1 Å². The Hall–Kier alpha value is -1.14. The lowest BCUT2D eigenvalue weighted by Crippen LogP contribution is -2.67. The molecule has 3 atom stereocenters. The van der Waals surface area contributed by atoms with Gasteiger partial charge in [-0.2, -0.15) is 0 Å². The fourth-order valence-corrected chi connectivity index (χ4v) is 8.36. The summed E-state index contributed by atoms with van der Waals surface area (Å²) in [4.78, 5) is 25.0. The van der Waals surface area contributed by atoms with Gasteiger partial charge in [0.25, 0.3) is 0 Å². The van der Waals surface area contributed by atoms with Crippen LogP contribution >= 0.6 is 0 Å². The van der Waals surface area contributed by atoms with Crippen LogP contribution in [-0.4, -0.2) is 34.1 Å². The van der Waals surface area contributed by atoms with Gasteiger partial charge in [-0.3, -0.25) is 0 Å². The molecule has 0 amide bonds. The largest absolute Gasteiger partial charge is 0.550 e. The van der Waals surface area contributed by atoms with Crippen molar-refractivity contribution in [3.05, 3.63) is 0 Å². The number of rotatable bonds is 4. The van der Waals surface area contributed by atoms with Gasteiger partial charge >= 0.3 is 0 Å². The van der Waals surface area contributed by atoms with Crippen LogP contribution < -0.4 is 20.8 Å². The number of nitrogens with one attached hydrogen (secondary N) is 2. The summed E-state index contributed by atoms with van der Waals surface area (Å²) in [6.45, 7) is 17.2. The Morgan fingerprint density at radius 2 is 1.19 bits per heavy atom. The summed E-state index contributed by atoms with van der Waals surface area (Å²) in [7, 11) is 0. The normalized spacial score (nSPS) is 37.0. The first-order valence-electron chi connectivity index (χ1n) is 12.4. The Balaban J connectivity index is 2.09. The molecule has 0 aromatic rings. The number of piperidine rings is 2. The number of carbonyl (C=O) groups excluding carboxylic acids is 2. The van der Waals surface area contributed by atoms with E-state index in [1.165, 1.54) is 0 Å². The van der Waals surface area contributed by atoms with E-state index in [-0.39, 0.29) is 39.9 Å². The predicted molar refractivity (Wildman–Crippen MR) is 121 cm³/mol. The third kappa shape index (κ3) is 5.01. The molecule has 1 aliphatic carbocycles. The lowest BCUT2D eigenvalue weighted by molar-refractivity contribution is -0.335. The topological polar surface area (TPSA) is 104 Å². The van der Waals surface area contributed by atoms with Crippen molar-refractivity contribution in [3.8, 4) is 0 Å². The minimum absolute atomic E-state index is 0.0624. The molecule has 3 aliphatic rings. The van der Waals surface area contributed by atoms with Crippen molar-refractivity contribution in [2.24, 2.45) is 29.1 Å². The van der Waals surface area contributed by atoms with Crippen LogP contribution in [0.1, 0.15) is 100 Å². The molecule has 6 heteroatoms. The van der Waals surface area contributed by atoms with Gasteiger partial charge in [-0.15, -0.1) is 0 Å². The third-order valence-electron chi connectivity index (χ3n) is 8.53. The number of carboxylic acids is 2. The van der Waals surface area contributed by atoms with Gasteiger partial charge in [-0.25, -0.2) is 0 Å². The first-order chi connectivity index (χ1) is 14.4. The quantitative estimate of drug-likeness (QED) is 0.682. The molecule has 3 rings (SSSR count). The van der Waals surface area contributed by atoms with Gasteiger partial charge in [0.1, 0.15) is 0 Å². The number of hydrogen-bond donors (Lipinski definition) is 2. The second-order valence-electron chi connectivity index (χ2n) is 13.8. The highest BCUT2D eigenvalue weighted by Gasteiger charge is 2.57. The molecular formula is C26H44N2O4-2. The van der Waals surface area contributed by atoms with E-state index in [4.69, 9.17) is 0 Å². The van der Waals surface area contributed by atoms with Gasteiger partial charge in [0.15, 0.2) is 0 Å². The summed E-state index contributed by atoms with van der Waals surface area (Å²) >= 11 is 0. The van der Waals surface area contributed by atoms with E-state index in [1.807, 2.05) is 0 Å². The molecule has 0 bridgehead atoms. The first kappa shape index (κ1) is 25.5. The van der Waals surface area contributed by atoms with Crippen LogP contribution in [0.3, 0.4) is 0 Å². The SMILES string of the molecule is CC1(C)CC(C2CC(C(=O)[O-])CCC2(C(=O)[O-])C2CC(C)(C)NC(C)(C)C2)CC(C)(C)N1. The maximum atomic E-state index is 13.1. The Morgan fingerprint density at radius 3 is 1.59 bits per heavy atom. The second kappa shape index (κ2) is 7.97. The van der Waals surface area contributed by atoms with Crippen molar-refractivity contribution in [2.45, 2.75) is 122 Å². The predicted octanol–water partition coefficient (Wildman–Crippen LogP) is 2.00. The first-order valence-corrected chi connectivity index (χ1v) is 12.4. The van der Waals surface area contributed by atoms with Crippen molar-refractivity contribution >= 4 is 11.9 Å². The minimum Gasteiger partial charge on any atom is -0.550 e. The van der Waals surface area contributed by atoms with Crippen molar-refractivity contribution in [3.63, 3.8) is 0 Å². The highest BCUT2D eigenvalue weighted by molar-refractivity contribution is 5.75. The van der Waals surface area contributed by atoms with Crippen LogP contribution in [0.25, 0.3) is 0 Å². The summed E-state index contributed by atoms with van der Waals surface area (Å²) in [5.74, 6) is -2.79. The highest BCUT2D eigenvalue weighted by Crippen LogP contribution is 2.58. The van der Waals surface area contributed by atoms with Crippen LogP contribution in [0.15, 0.2) is 0 Å². The molecule has 0 radical (unpaired) electrons. The monoisotopic (exact) mass is 448 g/mol. The summed E-state index contributed by atoms with van der Waals surface area (Å²) in [5, 5.41) is 32.4. The van der Waals surface area contributed by atoms with Gasteiger partial charge < -0.3 is 30.4 Å². The summed E-state index contributed by atoms with van der Waals surface area (Å²) in [5.41, 5.74) is -1.71. The van der Waals surface area contributed by atoms with E-state index < -0.39 is 23.3 Å². The average molecular weight is 449 g/mol. The lowest BCUT2D eigenvalue weighted by atomic mass is 9.48. The summed E-state index contributed by atoms with van der Waals surface area (Å²) < 4.78 is 0. The molecule has 2 heterocycles. The molecule has 2 N–H and O–H groups in total. The van der Waals surface area contributed by atoms with Crippen molar-refractivity contribution in [1.29, 1.82) is 0 Å². The molecule has 0 aromatic heterocycles. The molecule has 32 heavy (non-hydrogen) atoms. The molecule has 2 saturated heterocycles. The maximum Gasteiger partial charge on any atom is 0.0481 e. The van der Waals surface area contributed by atoms with E-state index in [1.54, 1.807) is 0 Å². The molecule has 3 unspecified atom stereocenters. The van der Waals surface area contributed by atoms with E-state index in [9.17, 15) is 19.8 Å². The van der Waals surface area contributed by atoms with Gasteiger partial charge in [0.05, 0.1) is 0 Å². The zero-order valence-electron chi connectivity index (χ0n) is 21.4. The van der Waals surface area contributed by atoms with Crippen molar-refractivity contribution < 1.29 is 19.8 Å². The van der Waals surface area contributed by atoms with Crippen LogP contribution in [0.4, 0.5) is 0 Å².